The van der Waals surface area contributed by atoms with Gasteiger partial charge < -0.3 is 10.6 Å². The predicted molar refractivity (Wildman–Crippen MR) is 128 cm³/mol. The van der Waals surface area contributed by atoms with E-state index in [4.69, 9.17) is 0 Å². The summed E-state index contributed by atoms with van der Waals surface area (Å²) in [4.78, 5) is 29.8. The van der Waals surface area contributed by atoms with Gasteiger partial charge in [0.2, 0.25) is 11.9 Å². The molecule has 1 aliphatic rings. The van der Waals surface area contributed by atoms with Crippen molar-refractivity contribution in [1.82, 2.24) is 15.0 Å². The second-order valence-corrected chi connectivity index (χ2v) is 7.92. The monoisotopic (exact) mass is 444 g/mol. The number of halogens is 1. The Morgan fingerprint density at radius 1 is 0.970 bits per heavy atom. The summed E-state index contributed by atoms with van der Waals surface area (Å²) in [5.74, 6) is 1.64. The van der Waals surface area contributed by atoms with Crippen LogP contribution in [0.5, 0.6) is 0 Å². The Morgan fingerprint density at radius 3 is 2.30 bits per heavy atom. The fourth-order valence-corrected chi connectivity index (χ4v) is 3.37. The summed E-state index contributed by atoms with van der Waals surface area (Å²) in [6, 6.07) is 13.6. The van der Waals surface area contributed by atoms with Crippen molar-refractivity contribution in [3.63, 3.8) is 0 Å². The number of nitrogens with one attached hydrogen (secondary N) is 2. The molecule has 0 amide bonds. The fourth-order valence-electron chi connectivity index (χ4n) is 3.37. The van der Waals surface area contributed by atoms with Gasteiger partial charge in [0.25, 0.3) is 0 Å². The minimum absolute atomic E-state index is 0.231. The quantitative estimate of drug-likeness (QED) is 0.502. The lowest BCUT2D eigenvalue weighted by Crippen LogP contribution is -2.13. The summed E-state index contributed by atoms with van der Waals surface area (Å²) in [6.45, 7) is 4.64. The lowest BCUT2D eigenvalue weighted by molar-refractivity contribution is -0.118. The van der Waals surface area contributed by atoms with Gasteiger partial charge in [-0.2, -0.15) is 15.0 Å². The number of rotatable bonds is 8. The van der Waals surface area contributed by atoms with Crippen molar-refractivity contribution in [3.8, 4) is 11.4 Å². The molecule has 0 atom stereocenters. The summed E-state index contributed by atoms with van der Waals surface area (Å²) in [5.41, 5.74) is 3.54. The smallest absolute Gasteiger partial charge is 0.233 e. The molecule has 2 heterocycles. The topological polar surface area (TPSA) is 92.2 Å². The van der Waals surface area contributed by atoms with Gasteiger partial charge in [-0.15, -0.1) is 0 Å². The zero-order chi connectivity index (χ0) is 23.2. The number of hydrogen-bond acceptors (Lipinski definition) is 7. The van der Waals surface area contributed by atoms with Gasteiger partial charge in [0, 0.05) is 24.1 Å². The lowest BCUT2D eigenvalue weighted by Gasteiger charge is -2.10. The van der Waals surface area contributed by atoms with Crippen LogP contribution < -0.4 is 10.6 Å². The molecule has 7 nitrogen and oxygen atoms in total. The predicted octanol–water partition coefficient (Wildman–Crippen LogP) is 5.10. The molecule has 2 N–H and O–H groups in total. The fraction of sp³-hybridized carbons (Fsp3) is 0.240. The minimum Gasteiger partial charge on any atom is -0.324 e. The first-order valence-electron chi connectivity index (χ1n) is 10.9. The third-order valence-electron chi connectivity index (χ3n) is 5.00. The van der Waals surface area contributed by atoms with Crippen LogP contribution in [-0.2, 0) is 11.2 Å². The van der Waals surface area contributed by atoms with Crippen LogP contribution in [0.4, 0.5) is 22.0 Å². The van der Waals surface area contributed by atoms with E-state index in [-0.39, 0.29) is 11.6 Å². The maximum atomic E-state index is 13.4. The first kappa shape index (κ1) is 22.3. The highest BCUT2D eigenvalue weighted by Gasteiger charge is 2.12. The summed E-state index contributed by atoms with van der Waals surface area (Å²) in [7, 11) is 0. The van der Waals surface area contributed by atoms with Crippen LogP contribution in [-0.4, -0.2) is 33.1 Å². The molecular formula is C25H25FN6O. The highest BCUT2D eigenvalue weighted by molar-refractivity contribution is 6.04. The molecular weight excluding hydrogens is 419 g/mol. The highest BCUT2D eigenvalue weighted by Crippen LogP contribution is 2.21. The van der Waals surface area contributed by atoms with E-state index < -0.39 is 0 Å². The molecule has 0 saturated carbocycles. The van der Waals surface area contributed by atoms with Gasteiger partial charge in [0.1, 0.15) is 17.4 Å². The summed E-state index contributed by atoms with van der Waals surface area (Å²) < 4.78 is 13.4. The molecule has 0 bridgehead atoms. The third-order valence-corrected chi connectivity index (χ3v) is 5.00. The van der Waals surface area contributed by atoms with Crippen molar-refractivity contribution >= 4 is 29.2 Å². The van der Waals surface area contributed by atoms with Crippen molar-refractivity contribution in [2.24, 2.45) is 4.99 Å². The molecule has 1 aromatic heterocycles. The van der Waals surface area contributed by atoms with Crippen molar-refractivity contribution in [2.45, 2.75) is 33.1 Å². The lowest BCUT2D eigenvalue weighted by atomic mass is 10.1. The van der Waals surface area contributed by atoms with Crippen LogP contribution >= 0.6 is 0 Å². The molecule has 0 saturated heterocycles. The number of anilines is 3. The third kappa shape index (κ3) is 6.06. The number of aliphatic imine (C=N–C) groups is 1. The number of ketones is 1. The summed E-state index contributed by atoms with van der Waals surface area (Å²) >= 11 is 0. The van der Waals surface area contributed by atoms with E-state index in [0.29, 0.717) is 48.5 Å². The molecule has 0 radical (unpaired) electrons. The number of amidine groups is 1. The van der Waals surface area contributed by atoms with Gasteiger partial charge in [-0.25, -0.2) is 4.39 Å². The molecule has 4 rings (SSSR count). The van der Waals surface area contributed by atoms with Crippen LogP contribution in [0.1, 0.15) is 32.3 Å². The van der Waals surface area contributed by atoms with Crippen molar-refractivity contribution < 1.29 is 9.18 Å². The van der Waals surface area contributed by atoms with Crippen LogP contribution in [0.2, 0.25) is 0 Å². The zero-order valence-corrected chi connectivity index (χ0v) is 18.6. The first-order chi connectivity index (χ1) is 16.0. The van der Waals surface area contributed by atoms with Crippen LogP contribution in [0, 0.1) is 5.82 Å². The Labute approximate surface area is 191 Å². The zero-order valence-electron chi connectivity index (χ0n) is 18.6. The van der Waals surface area contributed by atoms with Crippen LogP contribution in [0.3, 0.4) is 0 Å². The molecule has 168 valence electrons. The number of hydrogen-bond donors (Lipinski definition) is 2. The minimum atomic E-state index is -0.331. The normalized spacial score (nSPS) is 12.8. The van der Waals surface area contributed by atoms with Gasteiger partial charge in [-0.3, -0.25) is 9.79 Å². The molecule has 2 aromatic carbocycles. The van der Waals surface area contributed by atoms with Gasteiger partial charge in [0.15, 0.2) is 5.82 Å². The van der Waals surface area contributed by atoms with Crippen LogP contribution in [0.15, 0.2) is 65.2 Å². The number of benzene rings is 2. The maximum Gasteiger partial charge on any atom is 0.233 e. The van der Waals surface area contributed by atoms with E-state index in [9.17, 15) is 9.18 Å². The van der Waals surface area contributed by atoms with Crippen molar-refractivity contribution in [3.05, 3.63) is 71.6 Å². The molecule has 3 aromatic rings. The number of carbonyl (C=O) groups is 1. The largest absolute Gasteiger partial charge is 0.324 e. The van der Waals surface area contributed by atoms with E-state index in [1.54, 1.807) is 12.1 Å². The second kappa shape index (κ2) is 10.1. The van der Waals surface area contributed by atoms with Crippen LogP contribution in [0.25, 0.3) is 11.4 Å². The van der Waals surface area contributed by atoms with E-state index in [2.05, 4.69) is 30.6 Å². The van der Waals surface area contributed by atoms with E-state index in [1.165, 1.54) is 12.1 Å². The van der Waals surface area contributed by atoms with Crippen molar-refractivity contribution in [2.75, 3.05) is 17.2 Å². The molecule has 0 unspecified atom stereocenters. The number of Topliss-reactive ketones (excluding diaryl/α,β-unsaturated/α-hetero) is 1. The number of aromatic nitrogens is 3. The van der Waals surface area contributed by atoms with Gasteiger partial charge in [0.05, 0.1) is 6.54 Å². The standard InChI is InChI=1S/C25H25FN6O/c1-3-4-21(33)14-17-5-11-20(12-6-17)28-24-30-23(18-7-9-19(26)10-8-18)31-25(32-24)29-22-13-16(2)15-27-22/h5-13H,3-4,14-15H2,1-2H3,(H2,27,28,29,30,31,32). The molecule has 0 spiro atoms. The van der Waals surface area contributed by atoms with E-state index >= 15 is 0 Å². The summed E-state index contributed by atoms with van der Waals surface area (Å²) in [6.07, 6.45) is 3.81. The van der Waals surface area contributed by atoms with Crippen molar-refractivity contribution in [1.29, 1.82) is 0 Å². The highest BCUT2D eigenvalue weighted by atomic mass is 19.1. The number of nitrogens with zero attached hydrogens (tertiary/aromatic N) is 4. The maximum absolute atomic E-state index is 13.4. The average molecular weight is 445 g/mol. The second-order valence-electron chi connectivity index (χ2n) is 7.92. The molecule has 8 heteroatoms. The summed E-state index contributed by atoms with van der Waals surface area (Å²) in [5, 5.41) is 6.31. The molecule has 33 heavy (non-hydrogen) atoms. The molecule has 0 fully saturated rings. The Kier molecular flexibility index (Phi) is 6.83. The van der Waals surface area contributed by atoms with Gasteiger partial charge in [-0.1, -0.05) is 19.1 Å². The Bertz CT molecular complexity index is 1200. The molecule has 1 aliphatic heterocycles. The average Bonchev–Trinajstić information content (AvgIpc) is 3.20. The Hall–Kier alpha value is -3.94. The first-order valence-corrected chi connectivity index (χ1v) is 10.9. The van der Waals surface area contributed by atoms with E-state index in [0.717, 1.165) is 23.2 Å². The Balaban J connectivity index is 1.58. The van der Waals surface area contributed by atoms with Gasteiger partial charge in [-0.05, 0) is 67.0 Å². The number of carbonyl (C=O) groups excluding carboxylic acids is 1. The van der Waals surface area contributed by atoms with Gasteiger partial charge >= 0.3 is 0 Å². The SMILES string of the molecule is CCCC(=O)Cc1ccc(Nc2nc(NC3=NCC(C)=C3)nc(-c3ccc(F)cc3)n2)cc1. The van der Waals surface area contributed by atoms with E-state index in [1.807, 2.05) is 44.2 Å². The Morgan fingerprint density at radius 2 is 1.67 bits per heavy atom. The molecule has 0 aliphatic carbocycles.